The maximum atomic E-state index is 12.6. The Bertz CT molecular complexity index is 874. The number of aromatic nitrogens is 2. The number of aryl methyl sites for hydroxylation is 1. The lowest BCUT2D eigenvalue weighted by atomic mass is 9.99. The van der Waals surface area contributed by atoms with Crippen molar-refractivity contribution in [3.63, 3.8) is 0 Å². The molecule has 10 heteroatoms. The maximum absolute atomic E-state index is 12.6. The third kappa shape index (κ3) is 6.06. The van der Waals surface area contributed by atoms with Gasteiger partial charge in [-0.25, -0.2) is 14.8 Å². The molecule has 0 aliphatic carbocycles. The van der Waals surface area contributed by atoms with Crippen molar-refractivity contribution in [1.29, 1.82) is 0 Å². The Labute approximate surface area is 172 Å². The van der Waals surface area contributed by atoms with Crippen molar-refractivity contribution in [2.75, 3.05) is 37.4 Å². The number of piperidine rings is 1. The zero-order chi connectivity index (χ0) is 21.7. The topological polar surface area (TPSA) is 79.4 Å². The molecule has 1 aromatic heterocycles. The second-order valence-corrected chi connectivity index (χ2v) is 7.44. The van der Waals surface area contributed by atoms with E-state index >= 15 is 0 Å². The molecule has 1 fully saturated rings. The number of hydrogen-bond donors (Lipinski definition) is 2. The van der Waals surface area contributed by atoms with Gasteiger partial charge in [0.15, 0.2) is 11.5 Å². The number of likely N-dealkylation sites (tertiary alicyclic amines) is 1. The number of carbonyl (C=O) groups is 1. The molecule has 1 atom stereocenters. The Morgan fingerprint density at radius 1 is 1.27 bits per heavy atom. The molecule has 0 saturated carbocycles. The number of halogens is 3. The number of benzene rings is 1. The van der Waals surface area contributed by atoms with Gasteiger partial charge in [0.1, 0.15) is 5.75 Å². The fourth-order valence-electron chi connectivity index (χ4n) is 3.29. The van der Waals surface area contributed by atoms with Crippen LogP contribution in [0.4, 0.5) is 29.5 Å². The summed E-state index contributed by atoms with van der Waals surface area (Å²) < 4.78 is 43.6. The summed E-state index contributed by atoms with van der Waals surface area (Å²) in [6.07, 6.45) is -0.950. The largest absolute Gasteiger partial charge is 0.491 e. The molecule has 7 nitrogen and oxygen atoms in total. The molecule has 0 bridgehead atoms. The average molecular weight is 423 g/mol. The molecule has 2 amide bonds. The highest BCUT2D eigenvalue weighted by Crippen LogP contribution is 2.28. The number of nitrogens with one attached hydrogen (secondary N) is 2. The standard InChI is InChI=1S/C20H24F3N5O2/c1-13-5-6-16(30-12-14-4-3-7-28(2)11-14)15(8-13)26-19(29)27-18-10-24-17(9-25-18)20(21,22)23/h5-6,8-10,14H,3-4,7,11-12H2,1-2H3,(H2,25,26,27,29). The van der Waals surface area contributed by atoms with Crippen LogP contribution >= 0.6 is 0 Å². The number of carbonyl (C=O) groups excluding carboxylic acids is 1. The first-order chi connectivity index (χ1) is 14.2. The van der Waals surface area contributed by atoms with E-state index in [2.05, 4.69) is 32.5 Å². The quantitative estimate of drug-likeness (QED) is 0.755. The Morgan fingerprint density at radius 2 is 2.07 bits per heavy atom. The second-order valence-electron chi connectivity index (χ2n) is 7.44. The second kappa shape index (κ2) is 9.29. The van der Waals surface area contributed by atoms with E-state index in [0.29, 0.717) is 30.2 Å². The third-order valence-electron chi connectivity index (χ3n) is 4.76. The summed E-state index contributed by atoms with van der Waals surface area (Å²) in [4.78, 5) is 21.4. The number of ether oxygens (including phenoxy) is 1. The van der Waals surface area contributed by atoms with Gasteiger partial charge in [0.05, 0.1) is 24.7 Å². The number of amides is 2. The maximum Gasteiger partial charge on any atom is 0.434 e. The van der Waals surface area contributed by atoms with E-state index in [4.69, 9.17) is 4.74 Å². The molecule has 30 heavy (non-hydrogen) atoms. The van der Waals surface area contributed by atoms with E-state index in [-0.39, 0.29) is 5.82 Å². The van der Waals surface area contributed by atoms with Gasteiger partial charge in [-0.05, 0) is 51.1 Å². The van der Waals surface area contributed by atoms with Gasteiger partial charge in [-0.15, -0.1) is 0 Å². The molecule has 3 rings (SSSR count). The summed E-state index contributed by atoms with van der Waals surface area (Å²) in [5.74, 6) is 0.845. The van der Waals surface area contributed by atoms with E-state index < -0.39 is 17.9 Å². The van der Waals surface area contributed by atoms with Crippen LogP contribution in [0.25, 0.3) is 0 Å². The molecule has 1 aliphatic heterocycles. The summed E-state index contributed by atoms with van der Waals surface area (Å²) in [7, 11) is 2.08. The SMILES string of the molecule is Cc1ccc(OCC2CCCN(C)C2)c(NC(=O)Nc2cnc(C(F)(F)F)cn2)c1. The Kier molecular flexibility index (Phi) is 6.76. The van der Waals surface area contributed by atoms with Crippen molar-refractivity contribution in [2.45, 2.75) is 25.9 Å². The normalized spacial score (nSPS) is 17.4. The number of anilines is 2. The van der Waals surface area contributed by atoms with Crippen molar-refractivity contribution in [1.82, 2.24) is 14.9 Å². The molecule has 2 N–H and O–H groups in total. The van der Waals surface area contributed by atoms with Gasteiger partial charge in [0.2, 0.25) is 0 Å². The lowest BCUT2D eigenvalue weighted by molar-refractivity contribution is -0.141. The van der Waals surface area contributed by atoms with Gasteiger partial charge in [0.25, 0.3) is 0 Å². The summed E-state index contributed by atoms with van der Waals surface area (Å²) in [5.41, 5.74) is 0.261. The van der Waals surface area contributed by atoms with E-state index in [0.717, 1.165) is 37.7 Å². The van der Waals surface area contributed by atoms with Gasteiger partial charge in [0, 0.05) is 12.5 Å². The zero-order valence-corrected chi connectivity index (χ0v) is 16.8. The molecule has 1 saturated heterocycles. The molecule has 1 aromatic carbocycles. The first kappa shape index (κ1) is 21.8. The Morgan fingerprint density at radius 3 is 2.73 bits per heavy atom. The summed E-state index contributed by atoms with van der Waals surface area (Å²) in [5, 5.41) is 5.04. The highest BCUT2D eigenvalue weighted by atomic mass is 19.4. The Hall–Kier alpha value is -2.88. The smallest absolute Gasteiger partial charge is 0.434 e. The third-order valence-corrected chi connectivity index (χ3v) is 4.76. The van der Waals surface area contributed by atoms with Crippen molar-refractivity contribution < 1.29 is 22.7 Å². The van der Waals surface area contributed by atoms with Crippen LogP contribution < -0.4 is 15.4 Å². The van der Waals surface area contributed by atoms with Crippen LogP contribution in [0.15, 0.2) is 30.6 Å². The lowest BCUT2D eigenvalue weighted by Gasteiger charge is -2.29. The predicted molar refractivity (Wildman–Crippen MR) is 107 cm³/mol. The summed E-state index contributed by atoms with van der Waals surface area (Å²) in [6.45, 7) is 4.46. The number of hydrogen-bond acceptors (Lipinski definition) is 5. The van der Waals surface area contributed by atoms with Gasteiger partial charge in [-0.2, -0.15) is 13.2 Å². The molecular weight excluding hydrogens is 399 g/mol. The van der Waals surface area contributed by atoms with Gasteiger partial charge in [-0.3, -0.25) is 5.32 Å². The first-order valence-electron chi connectivity index (χ1n) is 9.60. The van der Waals surface area contributed by atoms with Crippen molar-refractivity contribution in [3.05, 3.63) is 41.9 Å². The predicted octanol–water partition coefficient (Wildman–Crippen LogP) is 4.17. The number of alkyl halides is 3. The van der Waals surface area contributed by atoms with Crippen LogP contribution in [0.1, 0.15) is 24.1 Å². The fraction of sp³-hybridized carbons (Fsp3) is 0.450. The molecule has 162 valence electrons. The molecule has 2 heterocycles. The minimum absolute atomic E-state index is 0.0964. The van der Waals surface area contributed by atoms with Crippen molar-refractivity contribution in [3.8, 4) is 5.75 Å². The van der Waals surface area contributed by atoms with Crippen LogP contribution in [0.3, 0.4) is 0 Å². The average Bonchev–Trinajstić information content (AvgIpc) is 2.67. The summed E-state index contributed by atoms with van der Waals surface area (Å²) >= 11 is 0. The first-order valence-corrected chi connectivity index (χ1v) is 9.60. The van der Waals surface area contributed by atoms with Crippen molar-refractivity contribution >= 4 is 17.5 Å². The molecule has 2 aromatic rings. The van der Waals surface area contributed by atoms with Gasteiger partial charge in [-0.1, -0.05) is 6.07 Å². The fourth-order valence-corrected chi connectivity index (χ4v) is 3.29. The van der Waals surface area contributed by atoms with Gasteiger partial charge >= 0.3 is 12.2 Å². The molecule has 0 spiro atoms. The molecular formula is C20H24F3N5O2. The minimum atomic E-state index is -4.59. The highest BCUT2D eigenvalue weighted by Gasteiger charge is 2.32. The van der Waals surface area contributed by atoms with Crippen LogP contribution in [0, 0.1) is 12.8 Å². The molecule has 1 unspecified atom stereocenters. The van der Waals surface area contributed by atoms with Crippen LogP contribution in [-0.4, -0.2) is 47.6 Å². The molecule has 0 radical (unpaired) electrons. The van der Waals surface area contributed by atoms with Crippen molar-refractivity contribution in [2.24, 2.45) is 5.92 Å². The minimum Gasteiger partial charge on any atom is -0.491 e. The zero-order valence-electron chi connectivity index (χ0n) is 16.8. The lowest BCUT2D eigenvalue weighted by Crippen LogP contribution is -2.34. The Balaban J connectivity index is 1.62. The van der Waals surface area contributed by atoms with E-state index in [1.54, 1.807) is 12.1 Å². The number of urea groups is 1. The number of rotatable bonds is 5. The van der Waals surface area contributed by atoms with E-state index in [9.17, 15) is 18.0 Å². The number of nitrogens with zero attached hydrogens (tertiary/aromatic N) is 3. The van der Waals surface area contributed by atoms with E-state index in [1.807, 2.05) is 13.0 Å². The van der Waals surface area contributed by atoms with Crippen LogP contribution in [-0.2, 0) is 6.18 Å². The highest BCUT2D eigenvalue weighted by molar-refractivity contribution is 6.00. The van der Waals surface area contributed by atoms with Crippen LogP contribution in [0.2, 0.25) is 0 Å². The molecule has 1 aliphatic rings. The monoisotopic (exact) mass is 423 g/mol. The van der Waals surface area contributed by atoms with E-state index in [1.165, 1.54) is 0 Å². The van der Waals surface area contributed by atoms with Crippen LogP contribution in [0.5, 0.6) is 5.75 Å². The summed E-state index contributed by atoms with van der Waals surface area (Å²) in [6, 6.07) is 4.78. The van der Waals surface area contributed by atoms with Gasteiger partial charge < -0.3 is 15.0 Å².